The van der Waals surface area contributed by atoms with E-state index in [0.29, 0.717) is 0 Å². The molecule has 0 bridgehead atoms. The van der Waals surface area contributed by atoms with Crippen LogP contribution in [0.2, 0.25) is 0 Å². The smallest absolute Gasteiger partial charge is 0.343 e. The first kappa shape index (κ1) is 14.9. The van der Waals surface area contributed by atoms with Gasteiger partial charge in [0.15, 0.2) is 0 Å². The predicted octanol–water partition coefficient (Wildman–Crippen LogP) is 2.43. The summed E-state index contributed by atoms with van der Waals surface area (Å²) in [7, 11) is 0. The summed E-state index contributed by atoms with van der Waals surface area (Å²) < 4.78 is 4.88. The first-order valence-corrected chi connectivity index (χ1v) is 5.83. The number of phenolic OH excluding ortho intramolecular Hbond substituents is 1. The Morgan fingerprint density at radius 2 is 1.50 bits per heavy atom. The minimum atomic E-state index is -1.10. The average molecular weight is 304 g/mol. The molecule has 0 aliphatic heterocycles. The van der Waals surface area contributed by atoms with Crippen LogP contribution in [0.25, 0.3) is 0 Å². The summed E-state index contributed by atoms with van der Waals surface area (Å²) >= 11 is 0. The van der Waals surface area contributed by atoms with Crippen molar-refractivity contribution in [1.82, 2.24) is 0 Å². The number of carbonyl (C=O) groups excluding carboxylic acids is 1. The molecule has 9 nitrogen and oxygen atoms in total. The second-order valence-corrected chi connectivity index (χ2v) is 4.08. The summed E-state index contributed by atoms with van der Waals surface area (Å²) in [4.78, 5) is 31.4. The molecule has 0 aromatic heterocycles. The maximum Gasteiger partial charge on any atom is 0.343 e. The summed E-state index contributed by atoms with van der Waals surface area (Å²) in [5, 5.41) is 31.1. The normalized spacial score (nSPS) is 10.0. The molecule has 112 valence electrons. The number of rotatable bonds is 4. The van der Waals surface area contributed by atoms with E-state index in [1.165, 1.54) is 12.1 Å². The third-order valence-electron chi connectivity index (χ3n) is 2.66. The summed E-state index contributed by atoms with van der Waals surface area (Å²) in [6.07, 6.45) is 0. The van der Waals surface area contributed by atoms with E-state index in [0.717, 1.165) is 12.1 Å². The summed E-state index contributed by atoms with van der Waals surface area (Å²) in [5.41, 5.74) is -1.68. The first-order chi connectivity index (χ1) is 10.4. The molecule has 0 radical (unpaired) electrons. The molecule has 0 saturated heterocycles. The van der Waals surface area contributed by atoms with Gasteiger partial charge < -0.3 is 9.84 Å². The number of benzene rings is 2. The van der Waals surface area contributed by atoms with Gasteiger partial charge in [-0.2, -0.15) is 0 Å². The molecule has 0 aliphatic rings. The Kier molecular flexibility index (Phi) is 3.98. The van der Waals surface area contributed by atoms with Gasteiger partial charge in [0, 0.05) is 0 Å². The lowest BCUT2D eigenvalue weighted by atomic mass is 10.2. The number of nitro benzene ring substituents is 2. The number of nitro groups is 2. The zero-order valence-electron chi connectivity index (χ0n) is 10.8. The number of esters is 1. The van der Waals surface area contributed by atoms with E-state index >= 15 is 0 Å². The molecule has 1 N–H and O–H groups in total. The van der Waals surface area contributed by atoms with Gasteiger partial charge in [-0.15, -0.1) is 0 Å². The molecule has 22 heavy (non-hydrogen) atoms. The van der Waals surface area contributed by atoms with E-state index in [9.17, 15) is 30.1 Å². The molecular weight excluding hydrogens is 296 g/mol. The number of hydrogen-bond donors (Lipinski definition) is 1. The van der Waals surface area contributed by atoms with Crippen LogP contribution in [0.4, 0.5) is 11.4 Å². The lowest BCUT2D eigenvalue weighted by Crippen LogP contribution is -2.08. The lowest BCUT2D eigenvalue weighted by molar-refractivity contribution is -0.396. The van der Waals surface area contributed by atoms with Crippen LogP contribution in [0.1, 0.15) is 10.4 Å². The number of phenols is 1. The van der Waals surface area contributed by atoms with Gasteiger partial charge in [0.05, 0.1) is 27.5 Å². The summed E-state index contributed by atoms with van der Waals surface area (Å²) in [6, 6.07) is 9.22. The van der Waals surface area contributed by atoms with E-state index in [-0.39, 0.29) is 5.56 Å². The number of aromatic hydroxyl groups is 1. The van der Waals surface area contributed by atoms with Crippen molar-refractivity contribution in [3.63, 3.8) is 0 Å². The van der Waals surface area contributed by atoms with Crippen LogP contribution in [0.3, 0.4) is 0 Å². The predicted molar refractivity (Wildman–Crippen MR) is 72.8 cm³/mol. The SMILES string of the molecule is O=C(Oc1cc([N+](=O)[O-])c(O)c([N+](=O)[O-])c1)c1ccccc1. The van der Waals surface area contributed by atoms with Gasteiger partial charge >= 0.3 is 17.3 Å². The highest BCUT2D eigenvalue weighted by Crippen LogP contribution is 2.39. The highest BCUT2D eigenvalue weighted by atomic mass is 16.6. The van der Waals surface area contributed by atoms with Crippen molar-refractivity contribution in [3.05, 3.63) is 68.3 Å². The molecule has 9 heteroatoms. The first-order valence-electron chi connectivity index (χ1n) is 5.83. The molecule has 0 unspecified atom stereocenters. The fourth-order valence-corrected chi connectivity index (χ4v) is 1.66. The van der Waals surface area contributed by atoms with Crippen molar-refractivity contribution < 1.29 is 24.5 Å². The van der Waals surface area contributed by atoms with E-state index in [1.54, 1.807) is 18.2 Å². The largest absolute Gasteiger partial charge is 0.497 e. The standard InChI is InChI=1S/C13H8N2O7/c16-12-10(14(18)19)6-9(7-11(12)15(20)21)22-13(17)8-4-2-1-3-5-8/h1-7,16H. The number of carbonyl (C=O) groups is 1. The van der Waals surface area contributed by atoms with Crippen LogP contribution in [0.15, 0.2) is 42.5 Å². The van der Waals surface area contributed by atoms with Gasteiger partial charge in [-0.1, -0.05) is 18.2 Å². The Bertz CT molecular complexity index is 723. The lowest BCUT2D eigenvalue weighted by Gasteiger charge is -2.05. The van der Waals surface area contributed by atoms with Crippen molar-refractivity contribution in [2.75, 3.05) is 0 Å². The molecule has 2 rings (SSSR count). The highest BCUT2D eigenvalue weighted by Gasteiger charge is 2.27. The highest BCUT2D eigenvalue weighted by molar-refractivity contribution is 5.91. The van der Waals surface area contributed by atoms with Crippen LogP contribution < -0.4 is 4.74 Å². The van der Waals surface area contributed by atoms with Gasteiger partial charge in [-0.05, 0) is 12.1 Å². The summed E-state index contributed by atoms with van der Waals surface area (Å²) in [5.74, 6) is -2.35. The van der Waals surface area contributed by atoms with Gasteiger partial charge in [-0.25, -0.2) is 4.79 Å². The molecule has 0 fully saturated rings. The van der Waals surface area contributed by atoms with E-state index < -0.39 is 38.7 Å². The quantitative estimate of drug-likeness (QED) is 0.397. The van der Waals surface area contributed by atoms with Crippen molar-refractivity contribution in [1.29, 1.82) is 0 Å². The molecule has 0 aliphatic carbocycles. The molecule has 2 aromatic rings. The third-order valence-corrected chi connectivity index (χ3v) is 2.66. The topological polar surface area (TPSA) is 133 Å². The van der Waals surface area contributed by atoms with E-state index in [4.69, 9.17) is 4.74 Å². The average Bonchev–Trinajstić information content (AvgIpc) is 2.49. The van der Waals surface area contributed by atoms with Crippen molar-refractivity contribution in [2.45, 2.75) is 0 Å². The fourth-order valence-electron chi connectivity index (χ4n) is 1.66. The molecule has 0 amide bonds. The second-order valence-electron chi connectivity index (χ2n) is 4.08. The minimum absolute atomic E-state index is 0.167. The zero-order valence-corrected chi connectivity index (χ0v) is 10.8. The van der Waals surface area contributed by atoms with Gasteiger partial charge in [0.25, 0.3) is 5.75 Å². The Labute approximate surface area is 122 Å². The summed E-state index contributed by atoms with van der Waals surface area (Å²) in [6.45, 7) is 0. The Morgan fingerprint density at radius 3 is 1.95 bits per heavy atom. The monoisotopic (exact) mass is 304 g/mol. The number of nitrogens with zero attached hydrogens (tertiary/aromatic N) is 2. The molecule has 2 aromatic carbocycles. The Hall–Kier alpha value is -3.49. The maximum absolute atomic E-state index is 11.8. The molecule has 0 atom stereocenters. The van der Waals surface area contributed by atoms with Gasteiger partial charge in [0.2, 0.25) is 0 Å². The molecular formula is C13H8N2O7. The number of ether oxygens (including phenoxy) is 1. The molecule has 0 spiro atoms. The fraction of sp³-hybridized carbons (Fsp3) is 0. The van der Waals surface area contributed by atoms with Crippen LogP contribution in [0.5, 0.6) is 11.5 Å². The maximum atomic E-state index is 11.8. The Balaban J connectivity index is 2.41. The number of hydrogen-bond acceptors (Lipinski definition) is 7. The minimum Gasteiger partial charge on any atom is -0.497 e. The Morgan fingerprint density at radius 1 is 1.00 bits per heavy atom. The van der Waals surface area contributed by atoms with E-state index in [1.807, 2.05) is 0 Å². The van der Waals surface area contributed by atoms with Crippen LogP contribution in [-0.4, -0.2) is 20.9 Å². The molecule has 0 saturated carbocycles. The van der Waals surface area contributed by atoms with Crippen molar-refractivity contribution >= 4 is 17.3 Å². The van der Waals surface area contributed by atoms with E-state index in [2.05, 4.69) is 0 Å². The van der Waals surface area contributed by atoms with Crippen molar-refractivity contribution in [2.24, 2.45) is 0 Å². The molecule has 0 heterocycles. The van der Waals surface area contributed by atoms with Crippen molar-refractivity contribution in [3.8, 4) is 11.5 Å². The zero-order chi connectivity index (χ0) is 16.3. The van der Waals surface area contributed by atoms with Crippen LogP contribution >= 0.6 is 0 Å². The van der Waals surface area contributed by atoms with Crippen LogP contribution in [0, 0.1) is 20.2 Å². The van der Waals surface area contributed by atoms with Gasteiger partial charge in [0.1, 0.15) is 5.75 Å². The third kappa shape index (κ3) is 2.98. The van der Waals surface area contributed by atoms with Crippen LogP contribution in [-0.2, 0) is 0 Å². The van der Waals surface area contributed by atoms with Gasteiger partial charge in [-0.3, -0.25) is 20.2 Å². The second kappa shape index (κ2) is 5.87.